The molecule has 5 heteroatoms. The minimum atomic E-state index is 0.418. The molecule has 0 aliphatic heterocycles. The van der Waals surface area contributed by atoms with Crippen molar-refractivity contribution in [3.63, 3.8) is 0 Å². The molecule has 0 aromatic carbocycles. The van der Waals surface area contributed by atoms with E-state index in [-0.39, 0.29) is 0 Å². The fourth-order valence-electron chi connectivity index (χ4n) is 2.04. The summed E-state index contributed by atoms with van der Waals surface area (Å²) in [5.74, 6) is 1.32. The minimum Gasteiger partial charge on any atom is -0.310 e. The van der Waals surface area contributed by atoms with Crippen LogP contribution >= 0.6 is 11.6 Å². The maximum absolute atomic E-state index is 6.01. The zero-order valence-corrected chi connectivity index (χ0v) is 12.8. The van der Waals surface area contributed by atoms with E-state index in [2.05, 4.69) is 47.3 Å². The number of alkyl halides is 1. The molecule has 19 heavy (non-hydrogen) atoms. The Bertz CT molecular complexity index is 562. The second kappa shape index (κ2) is 5.88. The van der Waals surface area contributed by atoms with Gasteiger partial charge in [-0.25, -0.2) is 9.97 Å². The van der Waals surface area contributed by atoms with E-state index >= 15 is 0 Å². The second-order valence-corrected chi connectivity index (χ2v) is 5.45. The summed E-state index contributed by atoms with van der Waals surface area (Å²) >= 11 is 6.01. The topological polar surface area (TPSA) is 34.0 Å². The Balaban J connectivity index is 2.33. The Labute approximate surface area is 119 Å². The third kappa shape index (κ3) is 2.90. The van der Waals surface area contributed by atoms with Crippen LogP contribution in [0.5, 0.6) is 0 Å². The second-order valence-electron chi connectivity index (χ2n) is 5.19. The lowest BCUT2D eigenvalue weighted by atomic mass is 10.3. The number of pyridine rings is 1. The number of halogens is 1. The highest BCUT2D eigenvalue weighted by atomic mass is 35.5. The van der Waals surface area contributed by atoms with E-state index in [4.69, 9.17) is 11.6 Å². The van der Waals surface area contributed by atoms with Gasteiger partial charge in [-0.1, -0.05) is 0 Å². The van der Waals surface area contributed by atoms with Crippen LogP contribution in [0.2, 0.25) is 0 Å². The fourth-order valence-corrected chi connectivity index (χ4v) is 2.24. The summed E-state index contributed by atoms with van der Waals surface area (Å²) in [6.07, 6.45) is 1.83. The van der Waals surface area contributed by atoms with Crippen LogP contribution in [0, 0.1) is 6.92 Å². The summed E-state index contributed by atoms with van der Waals surface area (Å²) < 4.78 is 2.13. The van der Waals surface area contributed by atoms with E-state index in [0.29, 0.717) is 11.9 Å². The van der Waals surface area contributed by atoms with Crippen LogP contribution in [0.25, 0.3) is 11.2 Å². The van der Waals surface area contributed by atoms with E-state index in [0.717, 1.165) is 35.6 Å². The molecule has 4 nitrogen and oxygen atoms in total. The van der Waals surface area contributed by atoms with Gasteiger partial charge >= 0.3 is 0 Å². The molecule has 0 saturated carbocycles. The number of nitrogens with zero attached hydrogens (tertiary/aromatic N) is 4. The molecule has 0 amide bonds. The van der Waals surface area contributed by atoms with Crippen molar-refractivity contribution in [3.05, 3.63) is 23.7 Å². The molecule has 0 unspecified atom stereocenters. The van der Waals surface area contributed by atoms with Crippen molar-refractivity contribution < 1.29 is 0 Å². The molecular formula is C14H21ClN4. The number of hydrogen-bond donors (Lipinski definition) is 0. The lowest BCUT2D eigenvalue weighted by Crippen LogP contribution is -2.30. The van der Waals surface area contributed by atoms with Crippen molar-refractivity contribution in [3.8, 4) is 0 Å². The molecule has 0 fully saturated rings. The monoisotopic (exact) mass is 280 g/mol. The van der Waals surface area contributed by atoms with Crippen LogP contribution in [0.3, 0.4) is 0 Å². The fraction of sp³-hybridized carbons (Fsp3) is 0.571. The Morgan fingerprint density at radius 3 is 2.79 bits per heavy atom. The molecule has 0 radical (unpaired) electrons. The van der Waals surface area contributed by atoms with Gasteiger partial charge in [0.15, 0.2) is 5.65 Å². The van der Waals surface area contributed by atoms with Gasteiger partial charge in [0.05, 0.1) is 5.88 Å². The van der Waals surface area contributed by atoms with Gasteiger partial charge in [-0.2, -0.15) is 0 Å². The van der Waals surface area contributed by atoms with Crippen molar-refractivity contribution >= 4 is 22.8 Å². The number of aromatic nitrogens is 3. The molecule has 0 N–H and O–H groups in total. The minimum absolute atomic E-state index is 0.418. The smallest absolute Gasteiger partial charge is 0.160 e. The van der Waals surface area contributed by atoms with Gasteiger partial charge in [0.1, 0.15) is 11.3 Å². The summed E-state index contributed by atoms with van der Waals surface area (Å²) in [6.45, 7) is 8.26. The Morgan fingerprint density at radius 2 is 2.16 bits per heavy atom. The van der Waals surface area contributed by atoms with E-state index in [1.165, 1.54) is 0 Å². The first-order chi connectivity index (χ1) is 9.04. The van der Waals surface area contributed by atoms with Gasteiger partial charge < -0.3 is 9.47 Å². The van der Waals surface area contributed by atoms with Gasteiger partial charge in [0.2, 0.25) is 0 Å². The molecule has 2 rings (SSSR count). The maximum Gasteiger partial charge on any atom is 0.160 e. The number of aryl methyl sites for hydroxylation is 1. The molecule has 0 atom stereocenters. The van der Waals surface area contributed by atoms with Crippen molar-refractivity contribution in [1.82, 2.24) is 19.4 Å². The molecule has 0 aliphatic rings. The Kier molecular flexibility index (Phi) is 4.42. The van der Waals surface area contributed by atoms with Crippen molar-refractivity contribution in [1.29, 1.82) is 0 Å². The summed E-state index contributed by atoms with van der Waals surface area (Å²) in [5.41, 5.74) is 3.05. The Morgan fingerprint density at radius 1 is 1.42 bits per heavy atom. The zero-order valence-electron chi connectivity index (χ0n) is 12.0. The van der Waals surface area contributed by atoms with Gasteiger partial charge in [0.25, 0.3) is 0 Å². The van der Waals surface area contributed by atoms with E-state index in [9.17, 15) is 0 Å². The van der Waals surface area contributed by atoms with Gasteiger partial charge in [-0.3, -0.25) is 0 Å². The van der Waals surface area contributed by atoms with Crippen LogP contribution in [-0.4, -0.2) is 39.1 Å². The maximum atomic E-state index is 6.01. The predicted octanol–water partition coefficient (Wildman–Crippen LogP) is 2.82. The van der Waals surface area contributed by atoms with Crippen LogP contribution in [0.15, 0.2) is 12.3 Å². The third-order valence-electron chi connectivity index (χ3n) is 3.59. The van der Waals surface area contributed by atoms with Crippen molar-refractivity contribution in [2.75, 3.05) is 13.6 Å². The zero-order chi connectivity index (χ0) is 14.0. The van der Waals surface area contributed by atoms with Gasteiger partial charge in [-0.15, -0.1) is 11.6 Å². The number of hydrogen-bond acceptors (Lipinski definition) is 3. The SMILES string of the molecule is Cc1ccnc2c1nc(CCl)n2CCN(C)C(C)C. The highest BCUT2D eigenvalue weighted by Crippen LogP contribution is 2.18. The molecule has 104 valence electrons. The van der Waals surface area contributed by atoms with E-state index < -0.39 is 0 Å². The quantitative estimate of drug-likeness (QED) is 0.790. The average Bonchev–Trinajstić information content (AvgIpc) is 2.75. The molecule has 2 aromatic heterocycles. The molecule has 0 saturated heterocycles. The number of imidazole rings is 1. The van der Waals surface area contributed by atoms with Gasteiger partial charge in [-0.05, 0) is 39.4 Å². The van der Waals surface area contributed by atoms with E-state index in [1.54, 1.807) is 0 Å². The van der Waals surface area contributed by atoms with E-state index in [1.807, 2.05) is 12.3 Å². The predicted molar refractivity (Wildman–Crippen MR) is 79.6 cm³/mol. The Hall–Kier alpha value is -1.13. The summed E-state index contributed by atoms with van der Waals surface area (Å²) in [4.78, 5) is 11.4. The first-order valence-electron chi connectivity index (χ1n) is 6.61. The lowest BCUT2D eigenvalue weighted by Gasteiger charge is -2.21. The number of rotatable bonds is 5. The van der Waals surface area contributed by atoms with Crippen LogP contribution in [0.4, 0.5) is 0 Å². The van der Waals surface area contributed by atoms with Crippen molar-refractivity contribution in [2.24, 2.45) is 0 Å². The third-order valence-corrected chi connectivity index (χ3v) is 3.83. The highest BCUT2D eigenvalue weighted by molar-refractivity contribution is 6.16. The molecule has 0 spiro atoms. The molecule has 2 aromatic rings. The number of fused-ring (bicyclic) bond motifs is 1. The summed E-state index contributed by atoms with van der Waals surface area (Å²) in [7, 11) is 2.13. The summed E-state index contributed by atoms with van der Waals surface area (Å²) in [5, 5.41) is 0. The van der Waals surface area contributed by atoms with Gasteiger partial charge in [0, 0.05) is 25.3 Å². The van der Waals surface area contributed by atoms with Crippen LogP contribution in [0.1, 0.15) is 25.2 Å². The van der Waals surface area contributed by atoms with Crippen LogP contribution in [-0.2, 0) is 12.4 Å². The van der Waals surface area contributed by atoms with Crippen molar-refractivity contribution in [2.45, 2.75) is 39.2 Å². The first-order valence-corrected chi connectivity index (χ1v) is 7.15. The standard InChI is InChI=1S/C14H21ClN4/c1-10(2)18(4)7-8-19-12(9-15)17-13-11(3)5-6-16-14(13)19/h5-6,10H,7-9H2,1-4H3. The molecule has 0 bridgehead atoms. The summed E-state index contributed by atoms with van der Waals surface area (Å²) in [6, 6.07) is 2.52. The normalized spacial score (nSPS) is 11.9. The average molecular weight is 281 g/mol. The molecular weight excluding hydrogens is 260 g/mol. The number of likely N-dealkylation sites (N-methyl/N-ethyl adjacent to an activating group) is 1. The molecule has 2 heterocycles. The largest absolute Gasteiger partial charge is 0.310 e. The lowest BCUT2D eigenvalue weighted by molar-refractivity contribution is 0.263. The first kappa shape index (κ1) is 14.3. The highest BCUT2D eigenvalue weighted by Gasteiger charge is 2.13. The molecule has 0 aliphatic carbocycles. The van der Waals surface area contributed by atoms with Crippen LogP contribution < -0.4 is 0 Å².